The van der Waals surface area contributed by atoms with E-state index >= 15 is 0 Å². The standard InChI is InChI=1S/C60H42N2/c1-4-20-43(21-5-1)49-26-10-11-27-50(49)45-36-38-47(39-37-45)61(48-40-41-60-57(42-48)56-33-17-19-35-59(56)62(60)46-24-8-3-9-25-46)58-34-18-16-32-55(58)54-31-15-14-30-53(54)52-29-13-12-28-51(52)44-22-6-2-7-23-44/h1-42H. The third-order valence-electron chi connectivity index (χ3n) is 12.0. The monoisotopic (exact) mass is 790 g/mol. The number of para-hydroxylation sites is 3. The summed E-state index contributed by atoms with van der Waals surface area (Å²) in [7, 11) is 0. The summed E-state index contributed by atoms with van der Waals surface area (Å²) in [5, 5.41) is 2.42. The first-order valence-electron chi connectivity index (χ1n) is 21.3. The zero-order valence-electron chi connectivity index (χ0n) is 34.1. The van der Waals surface area contributed by atoms with Crippen molar-refractivity contribution < 1.29 is 0 Å². The van der Waals surface area contributed by atoms with E-state index in [0.717, 1.165) is 28.3 Å². The van der Waals surface area contributed by atoms with Crippen LogP contribution >= 0.6 is 0 Å². The van der Waals surface area contributed by atoms with Gasteiger partial charge in [0.2, 0.25) is 0 Å². The quantitative estimate of drug-likeness (QED) is 0.141. The van der Waals surface area contributed by atoms with Gasteiger partial charge >= 0.3 is 0 Å². The van der Waals surface area contributed by atoms with Gasteiger partial charge < -0.3 is 9.47 Å². The van der Waals surface area contributed by atoms with Crippen molar-refractivity contribution in [1.82, 2.24) is 4.57 Å². The Hall–Kier alpha value is -8.20. The molecule has 62 heavy (non-hydrogen) atoms. The molecule has 2 nitrogen and oxygen atoms in total. The molecule has 0 aliphatic heterocycles. The summed E-state index contributed by atoms with van der Waals surface area (Å²) in [5.41, 5.74) is 18.7. The summed E-state index contributed by atoms with van der Waals surface area (Å²) in [4.78, 5) is 2.44. The van der Waals surface area contributed by atoms with Crippen LogP contribution in [-0.2, 0) is 0 Å². The summed E-state index contributed by atoms with van der Waals surface area (Å²) in [6.07, 6.45) is 0. The number of hydrogen-bond donors (Lipinski definition) is 0. The normalized spacial score (nSPS) is 11.2. The molecule has 0 spiro atoms. The number of fused-ring (bicyclic) bond motifs is 3. The van der Waals surface area contributed by atoms with Gasteiger partial charge in [-0.3, -0.25) is 0 Å². The van der Waals surface area contributed by atoms with E-state index in [-0.39, 0.29) is 0 Å². The maximum atomic E-state index is 2.44. The number of anilines is 3. The minimum atomic E-state index is 1.08. The third-order valence-corrected chi connectivity index (χ3v) is 12.0. The van der Waals surface area contributed by atoms with Crippen LogP contribution in [0.25, 0.3) is 83.1 Å². The molecule has 0 unspecified atom stereocenters. The zero-order chi connectivity index (χ0) is 41.2. The average molecular weight is 791 g/mol. The summed E-state index contributed by atoms with van der Waals surface area (Å²) in [6.45, 7) is 0. The summed E-state index contributed by atoms with van der Waals surface area (Å²) in [5.74, 6) is 0. The van der Waals surface area contributed by atoms with Crippen LogP contribution in [0.1, 0.15) is 0 Å². The first kappa shape index (κ1) is 36.8. The van der Waals surface area contributed by atoms with E-state index in [9.17, 15) is 0 Å². The van der Waals surface area contributed by atoms with Gasteiger partial charge in [-0.05, 0) is 105 Å². The molecule has 0 radical (unpaired) electrons. The van der Waals surface area contributed by atoms with E-state index in [1.54, 1.807) is 0 Å². The van der Waals surface area contributed by atoms with Crippen molar-refractivity contribution in [2.45, 2.75) is 0 Å². The zero-order valence-corrected chi connectivity index (χ0v) is 34.1. The molecule has 0 fully saturated rings. The molecular weight excluding hydrogens is 749 g/mol. The van der Waals surface area contributed by atoms with Gasteiger partial charge in [0.15, 0.2) is 0 Å². The molecule has 10 aromatic carbocycles. The highest BCUT2D eigenvalue weighted by atomic mass is 15.1. The first-order valence-corrected chi connectivity index (χ1v) is 21.3. The molecule has 1 heterocycles. The van der Waals surface area contributed by atoms with Gasteiger partial charge in [-0.25, -0.2) is 0 Å². The van der Waals surface area contributed by atoms with Crippen LogP contribution < -0.4 is 4.90 Å². The molecular formula is C60H42N2. The van der Waals surface area contributed by atoms with Gasteiger partial charge in [0.05, 0.1) is 16.7 Å². The molecule has 0 atom stereocenters. The number of hydrogen-bond acceptors (Lipinski definition) is 1. The molecule has 11 aromatic rings. The Labute approximate surface area is 362 Å². The van der Waals surface area contributed by atoms with Gasteiger partial charge in [-0.1, -0.05) is 200 Å². The Kier molecular flexibility index (Phi) is 9.57. The van der Waals surface area contributed by atoms with Crippen molar-refractivity contribution >= 4 is 38.9 Å². The lowest BCUT2D eigenvalue weighted by atomic mass is 9.88. The van der Waals surface area contributed by atoms with Crippen LogP contribution in [-0.4, -0.2) is 4.57 Å². The highest BCUT2D eigenvalue weighted by molar-refractivity contribution is 6.11. The van der Waals surface area contributed by atoms with Gasteiger partial charge in [0, 0.05) is 33.4 Å². The van der Waals surface area contributed by atoms with Gasteiger partial charge in [-0.15, -0.1) is 0 Å². The molecule has 2 heteroatoms. The van der Waals surface area contributed by atoms with Crippen LogP contribution in [0.2, 0.25) is 0 Å². The fraction of sp³-hybridized carbons (Fsp3) is 0. The van der Waals surface area contributed by atoms with E-state index < -0.39 is 0 Å². The molecule has 11 rings (SSSR count). The Morgan fingerprint density at radius 3 is 1.27 bits per heavy atom. The topological polar surface area (TPSA) is 8.17 Å². The number of rotatable bonds is 9. The molecule has 0 bridgehead atoms. The lowest BCUT2D eigenvalue weighted by molar-refractivity contribution is 1.18. The molecule has 1 aromatic heterocycles. The number of aromatic nitrogens is 1. The van der Waals surface area contributed by atoms with E-state index in [0.29, 0.717) is 0 Å². The molecule has 0 N–H and O–H groups in total. The highest BCUT2D eigenvalue weighted by Crippen LogP contribution is 2.47. The van der Waals surface area contributed by atoms with Crippen molar-refractivity contribution in [2.75, 3.05) is 4.90 Å². The second-order valence-corrected chi connectivity index (χ2v) is 15.7. The minimum Gasteiger partial charge on any atom is -0.310 e. The molecule has 292 valence electrons. The van der Waals surface area contributed by atoms with Crippen molar-refractivity contribution in [3.63, 3.8) is 0 Å². The smallest absolute Gasteiger partial charge is 0.0542 e. The van der Waals surface area contributed by atoms with Crippen molar-refractivity contribution in [2.24, 2.45) is 0 Å². The van der Waals surface area contributed by atoms with E-state index in [1.807, 2.05) is 0 Å². The Morgan fingerprint density at radius 1 is 0.258 bits per heavy atom. The lowest BCUT2D eigenvalue weighted by Crippen LogP contribution is -2.11. The Morgan fingerprint density at radius 2 is 0.661 bits per heavy atom. The van der Waals surface area contributed by atoms with Crippen LogP contribution in [0.5, 0.6) is 0 Å². The number of benzene rings is 10. The molecule has 0 saturated carbocycles. The van der Waals surface area contributed by atoms with Gasteiger partial charge in [-0.2, -0.15) is 0 Å². The molecule has 0 saturated heterocycles. The van der Waals surface area contributed by atoms with E-state index in [2.05, 4.69) is 264 Å². The molecule has 0 aliphatic carbocycles. The molecule has 0 aliphatic rings. The maximum Gasteiger partial charge on any atom is 0.0542 e. The van der Waals surface area contributed by atoms with E-state index in [4.69, 9.17) is 0 Å². The van der Waals surface area contributed by atoms with Crippen LogP contribution in [0.3, 0.4) is 0 Å². The largest absolute Gasteiger partial charge is 0.310 e. The second-order valence-electron chi connectivity index (χ2n) is 15.7. The summed E-state index contributed by atoms with van der Waals surface area (Å²) < 4.78 is 2.38. The average Bonchev–Trinajstić information content (AvgIpc) is 3.69. The highest BCUT2D eigenvalue weighted by Gasteiger charge is 2.22. The van der Waals surface area contributed by atoms with Gasteiger partial charge in [0.1, 0.15) is 0 Å². The fourth-order valence-corrected chi connectivity index (χ4v) is 9.21. The van der Waals surface area contributed by atoms with Crippen molar-refractivity contribution in [3.8, 4) is 61.3 Å². The predicted octanol–water partition coefficient (Wildman–Crippen LogP) is 16.6. The van der Waals surface area contributed by atoms with Gasteiger partial charge in [0.25, 0.3) is 0 Å². The number of nitrogens with zero attached hydrogens (tertiary/aromatic N) is 2. The van der Waals surface area contributed by atoms with Crippen LogP contribution in [0.15, 0.2) is 255 Å². The minimum absolute atomic E-state index is 1.08. The fourth-order valence-electron chi connectivity index (χ4n) is 9.21. The third kappa shape index (κ3) is 6.65. The first-order chi connectivity index (χ1) is 30.8. The lowest BCUT2D eigenvalue weighted by Gasteiger charge is -2.29. The SMILES string of the molecule is c1ccc(-c2ccccc2-c2ccc(N(c3ccc4c(c3)c3ccccc3n4-c3ccccc3)c3ccccc3-c3ccccc3-c3ccccc3-c3ccccc3)cc2)cc1. The van der Waals surface area contributed by atoms with Crippen LogP contribution in [0.4, 0.5) is 17.1 Å². The maximum absolute atomic E-state index is 2.44. The molecule has 0 amide bonds. The second kappa shape index (κ2) is 16.1. The van der Waals surface area contributed by atoms with Crippen LogP contribution in [0, 0.1) is 0 Å². The summed E-state index contributed by atoms with van der Waals surface area (Å²) >= 11 is 0. The Bertz CT molecular complexity index is 3330. The van der Waals surface area contributed by atoms with E-state index in [1.165, 1.54) is 71.9 Å². The Balaban J connectivity index is 1.12. The predicted molar refractivity (Wildman–Crippen MR) is 263 cm³/mol. The summed E-state index contributed by atoms with van der Waals surface area (Å²) in [6, 6.07) is 92.1. The van der Waals surface area contributed by atoms with Crippen molar-refractivity contribution in [1.29, 1.82) is 0 Å². The van der Waals surface area contributed by atoms with Crippen molar-refractivity contribution in [3.05, 3.63) is 255 Å².